The zero-order valence-electron chi connectivity index (χ0n) is 18.8. The van der Waals surface area contributed by atoms with E-state index in [9.17, 15) is 14.0 Å². The Labute approximate surface area is 200 Å². The number of aromatic amines is 1. The van der Waals surface area contributed by atoms with Crippen molar-refractivity contribution in [2.75, 3.05) is 23.1 Å². The number of rotatable bonds is 8. The standard InChI is InChI=1S/C25H23FN6O3/c1-35-21-11-5-9-18(22(21)26)17-8-2-3-10-19(17)31-25(34)30-16-7-4-6-15(12-16)13-28-20-14-29-32-23(20)24(27)33/h2-12,14,28H,13H2,1H3,(H2,27,33)(H,29,32)(H2,30,31,34). The van der Waals surface area contributed by atoms with E-state index < -0.39 is 17.8 Å². The molecule has 0 aliphatic heterocycles. The lowest BCUT2D eigenvalue weighted by molar-refractivity contribution is 0.0996. The van der Waals surface area contributed by atoms with Gasteiger partial charge in [0.05, 0.1) is 24.7 Å². The summed E-state index contributed by atoms with van der Waals surface area (Å²) in [7, 11) is 1.40. The molecule has 4 aromatic rings. The molecule has 35 heavy (non-hydrogen) atoms. The number of hydrogen-bond donors (Lipinski definition) is 5. The SMILES string of the molecule is COc1cccc(-c2ccccc2NC(=O)Nc2cccc(CNc3cn[nH]c3C(N)=O)c2)c1F. The average molecular weight is 474 g/mol. The maximum absolute atomic E-state index is 14.8. The molecule has 1 heterocycles. The van der Waals surface area contributed by atoms with Crippen molar-refractivity contribution >= 4 is 29.0 Å². The van der Waals surface area contributed by atoms with Gasteiger partial charge in [-0.25, -0.2) is 9.18 Å². The molecule has 0 aliphatic rings. The highest BCUT2D eigenvalue weighted by Gasteiger charge is 2.15. The van der Waals surface area contributed by atoms with Crippen LogP contribution in [-0.4, -0.2) is 29.2 Å². The topological polar surface area (TPSA) is 134 Å². The molecule has 0 unspecified atom stereocenters. The molecule has 0 fully saturated rings. The van der Waals surface area contributed by atoms with Gasteiger partial charge < -0.3 is 26.4 Å². The highest BCUT2D eigenvalue weighted by molar-refractivity contribution is 6.02. The van der Waals surface area contributed by atoms with E-state index in [1.807, 2.05) is 6.07 Å². The van der Waals surface area contributed by atoms with Crippen LogP contribution in [0.15, 0.2) is 72.9 Å². The number of nitrogens with two attached hydrogens (primary N) is 1. The highest BCUT2D eigenvalue weighted by atomic mass is 19.1. The predicted molar refractivity (Wildman–Crippen MR) is 132 cm³/mol. The minimum atomic E-state index is -0.619. The van der Waals surface area contributed by atoms with Crippen LogP contribution in [0.2, 0.25) is 0 Å². The Morgan fingerprint density at radius 1 is 1.00 bits per heavy atom. The number of anilines is 3. The minimum absolute atomic E-state index is 0.116. The second-order valence-corrected chi connectivity index (χ2v) is 7.52. The summed E-state index contributed by atoms with van der Waals surface area (Å²) in [4.78, 5) is 24.1. The van der Waals surface area contributed by atoms with E-state index >= 15 is 0 Å². The van der Waals surface area contributed by atoms with Crippen molar-refractivity contribution in [2.24, 2.45) is 5.73 Å². The van der Waals surface area contributed by atoms with Crippen LogP contribution in [0.3, 0.4) is 0 Å². The molecule has 0 saturated heterocycles. The Kier molecular flexibility index (Phi) is 6.91. The van der Waals surface area contributed by atoms with Crippen molar-refractivity contribution < 1.29 is 18.7 Å². The van der Waals surface area contributed by atoms with Crippen LogP contribution in [0.25, 0.3) is 11.1 Å². The van der Waals surface area contributed by atoms with Gasteiger partial charge in [-0.2, -0.15) is 5.10 Å². The highest BCUT2D eigenvalue weighted by Crippen LogP contribution is 2.33. The number of aromatic nitrogens is 2. The number of benzene rings is 3. The molecule has 0 aliphatic carbocycles. The van der Waals surface area contributed by atoms with Crippen molar-refractivity contribution in [3.63, 3.8) is 0 Å². The third-order valence-electron chi connectivity index (χ3n) is 5.20. The Balaban J connectivity index is 1.46. The fourth-order valence-electron chi connectivity index (χ4n) is 3.55. The van der Waals surface area contributed by atoms with Crippen LogP contribution in [0, 0.1) is 5.82 Å². The molecular formula is C25H23FN6O3. The number of ether oxygens (including phenoxy) is 1. The van der Waals surface area contributed by atoms with Crippen LogP contribution in [0.1, 0.15) is 16.1 Å². The molecule has 4 rings (SSSR count). The maximum atomic E-state index is 14.8. The van der Waals surface area contributed by atoms with Gasteiger partial charge in [-0.05, 0) is 29.8 Å². The number of carbonyl (C=O) groups excluding carboxylic acids is 2. The number of halogens is 1. The summed E-state index contributed by atoms with van der Waals surface area (Å²) in [6.45, 7) is 0.370. The number of urea groups is 1. The number of amides is 3. The second-order valence-electron chi connectivity index (χ2n) is 7.52. The van der Waals surface area contributed by atoms with Crippen LogP contribution < -0.4 is 26.4 Å². The van der Waals surface area contributed by atoms with Crippen molar-refractivity contribution in [1.82, 2.24) is 10.2 Å². The predicted octanol–water partition coefficient (Wildman–Crippen LogP) is 4.58. The molecule has 10 heteroatoms. The summed E-state index contributed by atoms with van der Waals surface area (Å²) >= 11 is 0. The zero-order chi connectivity index (χ0) is 24.8. The smallest absolute Gasteiger partial charge is 0.323 e. The first-order valence-electron chi connectivity index (χ1n) is 10.6. The quantitative estimate of drug-likeness (QED) is 0.255. The van der Waals surface area contributed by atoms with Gasteiger partial charge in [0.2, 0.25) is 0 Å². The molecule has 0 saturated carbocycles. The second kappa shape index (κ2) is 10.4. The molecule has 0 atom stereocenters. The lowest BCUT2D eigenvalue weighted by Gasteiger charge is -2.14. The van der Waals surface area contributed by atoms with Gasteiger partial charge in [0.25, 0.3) is 5.91 Å². The number of H-pyrrole nitrogens is 1. The Hall–Kier alpha value is -4.86. The largest absolute Gasteiger partial charge is 0.494 e. The van der Waals surface area contributed by atoms with E-state index in [1.165, 1.54) is 19.4 Å². The van der Waals surface area contributed by atoms with Gasteiger partial charge >= 0.3 is 6.03 Å². The third kappa shape index (κ3) is 5.38. The van der Waals surface area contributed by atoms with Crippen LogP contribution in [-0.2, 0) is 6.54 Å². The molecule has 178 valence electrons. The molecule has 0 radical (unpaired) electrons. The summed E-state index contributed by atoms with van der Waals surface area (Å²) in [5, 5.41) is 15.0. The van der Waals surface area contributed by atoms with Crippen LogP contribution in [0.4, 0.5) is 26.2 Å². The molecule has 3 aromatic carbocycles. The molecular weight excluding hydrogens is 451 g/mol. The molecule has 6 N–H and O–H groups in total. The number of nitrogens with zero attached hydrogens (tertiary/aromatic N) is 1. The summed E-state index contributed by atoms with van der Waals surface area (Å²) in [6.07, 6.45) is 1.47. The van der Waals surface area contributed by atoms with E-state index in [2.05, 4.69) is 26.1 Å². The number of carbonyl (C=O) groups is 2. The van der Waals surface area contributed by atoms with E-state index in [-0.39, 0.29) is 11.4 Å². The fourth-order valence-corrected chi connectivity index (χ4v) is 3.55. The van der Waals surface area contributed by atoms with Crippen LogP contribution >= 0.6 is 0 Å². The fraction of sp³-hybridized carbons (Fsp3) is 0.0800. The van der Waals surface area contributed by atoms with E-state index in [1.54, 1.807) is 54.6 Å². The molecule has 0 bridgehead atoms. The van der Waals surface area contributed by atoms with Gasteiger partial charge in [-0.3, -0.25) is 9.89 Å². The number of nitrogens with one attached hydrogen (secondary N) is 4. The summed E-state index contributed by atoms with van der Waals surface area (Å²) < 4.78 is 19.9. The van der Waals surface area contributed by atoms with Crippen LogP contribution in [0.5, 0.6) is 5.75 Å². The lowest BCUT2D eigenvalue weighted by atomic mass is 10.0. The molecule has 0 spiro atoms. The van der Waals surface area contributed by atoms with Gasteiger partial charge in [0, 0.05) is 23.4 Å². The maximum Gasteiger partial charge on any atom is 0.323 e. The van der Waals surface area contributed by atoms with Gasteiger partial charge in [-0.1, -0.05) is 42.5 Å². The Morgan fingerprint density at radius 3 is 2.57 bits per heavy atom. The van der Waals surface area contributed by atoms with E-state index in [0.29, 0.717) is 34.7 Å². The number of methoxy groups -OCH3 is 1. The Bertz CT molecular complexity index is 1370. The summed E-state index contributed by atoms with van der Waals surface area (Å²) in [5.74, 6) is -1.02. The van der Waals surface area contributed by atoms with Crippen molar-refractivity contribution in [3.8, 4) is 16.9 Å². The first kappa shape index (κ1) is 23.3. The van der Waals surface area contributed by atoms with Crippen molar-refractivity contribution in [2.45, 2.75) is 6.54 Å². The van der Waals surface area contributed by atoms with E-state index in [4.69, 9.17) is 10.5 Å². The number of para-hydroxylation sites is 1. The minimum Gasteiger partial charge on any atom is -0.494 e. The van der Waals surface area contributed by atoms with Gasteiger partial charge in [-0.15, -0.1) is 0 Å². The normalized spacial score (nSPS) is 10.5. The zero-order valence-corrected chi connectivity index (χ0v) is 18.8. The number of primary amides is 1. The molecule has 1 aromatic heterocycles. The van der Waals surface area contributed by atoms with Gasteiger partial charge in [0.15, 0.2) is 11.6 Å². The van der Waals surface area contributed by atoms with Crippen molar-refractivity contribution in [3.05, 3.63) is 90.0 Å². The van der Waals surface area contributed by atoms with Gasteiger partial charge in [0.1, 0.15) is 5.69 Å². The average Bonchev–Trinajstić information content (AvgIpc) is 3.33. The summed E-state index contributed by atoms with van der Waals surface area (Å²) in [5.41, 5.74) is 8.63. The third-order valence-corrected chi connectivity index (χ3v) is 5.20. The molecule has 9 nitrogen and oxygen atoms in total. The number of hydrogen-bond acceptors (Lipinski definition) is 5. The lowest BCUT2D eigenvalue weighted by Crippen LogP contribution is -2.20. The Morgan fingerprint density at radius 2 is 1.77 bits per heavy atom. The summed E-state index contributed by atoms with van der Waals surface area (Å²) in [6, 6.07) is 18.4. The monoisotopic (exact) mass is 474 g/mol. The van der Waals surface area contributed by atoms with E-state index in [0.717, 1.165) is 5.56 Å². The first-order chi connectivity index (χ1) is 17.0. The van der Waals surface area contributed by atoms with Crippen molar-refractivity contribution in [1.29, 1.82) is 0 Å². The first-order valence-corrected chi connectivity index (χ1v) is 10.6. The molecule has 3 amide bonds.